The number of carbonyl (C=O) groups excluding carboxylic acids is 3. The Morgan fingerprint density at radius 2 is 1.79 bits per heavy atom. The quantitative estimate of drug-likeness (QED) is 0.418. The first-order chi connectivity index (χ1) is 15.7. The number of benzene rings is 1. The van der Waals surface area contributed by atoms with Gasteiger partial charge in [-0.25, -0.2) is 13.2 Å². The molecule has 0 unspecified atom stereocenters. The Bertz CT molecular complexity index is 1150. The molecule has 2 heterocycles. The topological polar surface area (TPSA) is 119 Å². The van der Waals surface area contributed by atoms with E-state index in [2.05, 4.69) is 5.32 Å². The van der Waals surface area contributed by atoms with E-state index in [4.69, 9.17) is 9.47 Å². The molecule has 3 rings (SSSR count). The predicted octanol–water partition coefficient (Wildman–Crippen LogP) is 2.75. The molecular formula is C22H26N2O7S2. The molecule has 0 atom stereocenters. The number of hydrogen-bond donors (Lipinski definition) is 1. The van der Waals surface area contributed by atoms with Crippen LogP contribution >= 0.6 is 11.3 Å². The molecule has 1 saturated heterocycles. The van der Waals surface area contributed by atoms with Crippen molar-refractivity contribution in [3.63, 3.8) is 0 Å². The van der Waals surface area contributed by atoms with Crippen molar-refractivity contribution >= 4 is 43.9 Å². The summed E-state index contributed by atoms with van der Waals surface area (Å²) in [5.74, 6) is -1.04. The molecule has 2 aromatic rings. The van der Waals surface area contributed by atoms with E-state index in [1.807, 2.05) is 0 Å². The van der Waals surface area contributed by atoms with Gasteiger partial charge in [0, 0.05) is 18.7 Å². The van der Waals surface area contributed by atoms with Gasteiger partial charge in [0.15, 0.2) is 11.6 Å². The van der Waals surface area contributed by atoms with Gasteiger partial charge in [-0.05, 0) is 50.6 Å². The molecule has 11 heteroatoms. The molecule has 0 spiro atoms. The smallest absolute Gasteiger partial charge is 0.341 e. The van der Waals surface area contributed by atoms with Crippen LogP contribution in [0, 0.1) is 6.92 Å². The first-order valence-corrected chi connectivity index (χ1v) is 12.7. The fraction of sp³-hybridized carbons (Fsp3) is 0.409. The molecule has 0 bridgehead atoms. The average molecular weight is 495 g/mol. The van der Waals surface area contributed by atoms with Gasteiger partial charge in [-0.3, -0.25) is 9.59 Å². The van der Waals surface area contributed by atoms with Gasteiger partial charge in [-0.2, -0.15) is 4.31 Å². The van der Waals surface area contributed by atoms with Gasteiger partial charge in [0.25, 0.3) is 0 Å². The molecule has 0 saturated carbocycles. The molecule has 9 nitrogen and oxygen atoms in total. The van der Waals surface area contributed by atoms with Gasteiger partial charge in [0.1, 0.15) is 5.00 Å². The van der Waals surface area contributed by atoms with Crippen molar-refractivity contribution in [1.29, 1.82) is 0 Å². The lowest BCUT2D eigenvalue weighted by Crippen LogP contribution is -2.40. The second kappa shape index (κ2) is 10.6. The first-order valence-electron chi connectivity index (χ1n) is 10.4. The number of rotatable bonds is 9. The van der Waals surface area contributed by atoms with E-state index in [-0.39, 0.29) is 48.3 Å². The zero-order valence-corrected chi connectivity index (χ0v) is 20.3. The maximum Gasteiger partial charge on any atom is 0.341 e. The highest BCUT2D eigenvalue weighted by atomic mass is 32.2. The monoisotopic (exact) mass is 494 g/mol. The highest BCUT2D eigenvalue weighted by molar-refractivity contribution is 7.89. The summed E-state index contributed by atoms with van der Waals surface area (Å²) in [6.07, 6.45) is 0. The summed E-state index contributed by atoms with van der Waals surface area (Å²) in [5.41, 5.74) is 1.08. The van der Waals surface area contributed by atoms with Crippen molar-refractivity contribution in [2.45, 2.75) is 25.7 Å². The fourth-order valence-electron chi connectivity index (χ4n) is 3.43. The SMILES string of the molecule is CCOC(=O)c1c(NCC(=O)c2ccc(S(=O)(=O)N3CCOCC3)cc2)sc(C(C)=O)c1C. The maximum atomic E-state index is 12.7. The molecule has 1 aliphatic rings. The zero-order valence-electron chi connectivity index (χ0n) is 18.7. The maximum absolute atomic E-state index is 12.7. The summed E-state index contributed by atoms with van der Waals surface area (Å²) >= 11 is 1.10. The zero-order chi connectivity index (χ0) is 24.2. The van der Waals surface area contributed by atoms with E-state index in [0.717, 1.165) is 11.3 Å². The van der Waals surface area contributed by atoms with Crippen molar-refractivity contribution in [3.8, 4) is 0 Å². The van der Waals surface area contributed by atoms with Crippen LogP contribution in [0.5, 0.6) is 0 Å². The number of esters is 1. The number of thiophene rings is 1. The summed E-state index contributed by atoms with van der Waals surface area (Å²) in [5, 5.41) is 3.32. The second-order valence-corrected chi connectivity index (χ2v) is 10.3. The summed E-state index contributed by atoms with van der Waals surface area (Å²) in [7, 11) is -3.65. The number of nitrogens with one attached hydrogen (secondary N) is 1. The minimum atomic E-state index is -3.65. The number of morpholine rings is 1. The van der Waals surface area contributed by atoms with Gasteiger partial charge >= 0.3 is 5.97 Å². The Morgan fingerprint density at radius 1 is 1.15 bits per heavy atom. The van der Waals surface area contributed by atoms with Crippen molar-refractivity contribution in [3.05, 3.63) is 45.8 Å². The van der Waals surface area contributed by atoms with Crippen molar-refractivity contribution in [1.82, 2.24) is 4.31 Å². The van der Waals surface area contributed by atoms with Crippen LogP contribution < -0.4 is 5.32 Å². The Hall–Kier alpha value is -2.60. The highest BCUT2D eigenvalue weighted by Crippen LogP contribution is 2.34. The first kappa shape index (κ1) is 25.0. The number of sulfonamides is 1. The number of nitrogens with zero attached hydrogens (tertiary/aromatic N) is 1. The third-order valence-corrected chi connectivity index (χ3v) is 8.40. The van der Waals surface area contributed by atoms with E-state index in [1.165, 1.54) is 35.5 Å². The van der Waals surface area contributed by atoms with E-state index < -0.39 is 16.0 Å². The fourth-order valence-corrected chi connectivity index (χ4v) is 5.93. The van der Waals surface area contributed by atoms with Gasteiger partial charge in [-0.1, -0.05) is 0 Å². The van der Waals surface area contributed by atoms with Gasteiger partial charge < -0.3 is 14.8 Å². The van der Waals surface area contributed by atoms with E-state index in [0.29, 0.717) is 34.2 Å². The minimum Gasteiger partial charge on any atom is -0.462 e. The standard InChI is InChI=1S/C22H26N2O7S2/c1-4-31-22(27)19-14(2)20(15(3)25)32-21(19)23-13-18(26)16-5-7-17(8-6-16)33(28,29)24-9-11-30-12-10-24/h5-8,23H,4,9-13H2,1-3H3. The normalized spacial score (nSPS) is 14.6. The Balaban J connectivity index is 1.74. The van der Waals surface area contributed by atoms with Crippen molar-refractivity contribution < 1.29 is 32.3 Å². The van der Waals surface area contributed by atoms with E-state index in [1.54, 1.807) is 13.8 Å². The van der Waals surface area contributed by atoms with Crippen LogP contribution in [-0.2, 0) is 19.5 Å². The number of ketones is 2. The molecule has 0 amide bonds. The molecule has 1 aromatic heterocycles. The predicted molar refractivity (Wildman–Crippen MR) is 124 cm³/mol. The largest absolute Gasteiger partial charge is 0.462 e. The van der Waals surface area contributed by atoms with Gasteiger partial charge in [0.05, 0.1) is 41.7 Å². The van der Waals surface area contributed by atoms with Crippen LogP contribution in [0.15, 0.2) is 29.2 Å². The molecule has 0 aliphatic carbocycles. The number of Topliss-reactive ketones (excluding diaryl/α,β-unsaturated/α-hetero) is 2. The molecular weight excluding hydrogens is 468 g/mol. The van der Waals surface area contributed by atoms with Crippen LogP contribution in [0.3, 0.4) is 0 Å². The molecule has 1 aliphatic heterocycles. The van der Waals surface area contributed by atoms with Crippen molar-refractivity contribution in [2.24, 2.45) is 0 Å². The molecule has 1 fully saturated rings. The average Bonchev–Trinajstić information content (AvgIpc) is 3.14. The van der Waals surface area contributed by atoms with Gasteiger partial charge in [-0.15, -0.1) is 11.3 Å². The lowest BCUT2D eigenvalue weighted by molar-refractivity contribution is 0.0527. The number of carbonyl (C=O) groups is 3. The number of ether oxygens (including phenoxy) is 2. The summed E-state index contributed by atoms with van der Waals surface area (Å²) in [6.45, 7) is 6.09. The van der Waals surface area contributed by atoms with Crippen LogP contribution in [0.1, 0.15) is 49.8 Å². The second-order valence-electron chi connectivity index (χ2n) is 7.35. The summed E-state index contributed by atoms with van der Waals surface area (Å²) < 4.78 is 37.1. The van der Waals surface area contributed by atoms with Crippen LogP contribution in [0.2, 0.25) is 0 Å². The Morgan fingerprint density at radius 3 is 2.36 bits per heavy atom. The molecule has 178 valence electrons. The number of anilines is 1. The molecule has 1 N–H and O–H groups in total. The summed E-state index contributed by atoms with van der Waals surface area (Å²) in [4.78, 5) is 37.5. The molecule has 0 radical (unpaired) electrons. The van der Waals surface area contributed by atoms with Crippen LogP contribution in [0.4, 0.5) is 5.00 Å². The van der Waals surface area contributed by atoms with Crippen LogP contribution in [0.25, 0.3) is 0 Å². The molecule has 33 heavy (non-hydrogen) atoms. The van der Waals surface area contributed by atoms with Crippen LogP contribution in [-0.4, -0.2) is 69.7 Å². The minimum absolute atomic E-state index is 0.110. The lowest BCUT2D eigenvalue weighted by Gasteiger charge is -2.26. The number of hydrogen-bond acceptors (Lipinski definition) is 9. The Kier molecular flexibility index (Phi) is 8.01. The van der Waals surface area contributed by atoms with E-state index >= 15 is 0 Å². The lowest BCUT2D eigenvalue weighted by atomic mass is 10.1. The van der Waals surface area contributed by atoms with Gasteiger partial charge in [0.2, 0.25) is 10.0 Å². The summed E-state index contributed by atoms with van der Waals surface area (Å²) in [6, 6.07) is 5.74. The molecule has 1 aromatic carbocycles. The Labute approximate surface area is 196 Å². The van der Waals surface area contributed by atoms with E-state index in [9.17, 15) is 22.8 Å². The third kappa shape index (κ3) is 5.49. The third-order valence-electron chi connectivity index (χ3n) is 5.14. The highest BCUT2D eigenvalue weighted by Gasteiger charge is 2.27. The van der Waals surface area contributed by atoms with Crippen molar-refractivity contribution in [2.75, 3.05) is 44.8 Å².